The first-order chi connectivity index (χ1) is 7.24. The van der Waals surface area contributed by atoms with Crippen molar-refractivity contribution in [3.8, 4) is 0 Å². The van der Waals surface area contributed by atoms with E-state index in [1.807, 2.05) is 12.1 Å². The average Bonchev–Trinajstić information content (AvgIpc) is 2.22. The second-order valence-corrected chi connectivity index (χ2v) is 4.24. The zero-order valence-electron chi connectivity index (χ0n) is 9.46. The molecule has 0 fully saturated rings. The summed E-state index contributed by atoms with van der Waals surface area (Å²) in [5, 5.41) is 3.93. The number of nitrogens with one attached hydrogen (secondary N) is 1. The lowest BCUT2D eigenvalue weighted by Crippen LogP contribution is -2.15. The number of aromatic nitrogens is 1. The maximum atomic E-state index is 5.96. The van der Waals surface area contributed by atoms with E-state index in [1.54, 1.807) is 6.20 Å². The van der Waals surface area contributed by atoms with Crippen LogP contribution in [-0.4, -0.2) is 11.0 Å². The Morgan fingerprint density at radius 2 is 2.27 bits per heavy atom. The van der Waals surface area contributed by atoms with Crippen LogP contribution in [0.4, 0.5) is 5.69 Å². The SMILES string of the molecule is CCCCCC(C)Nc1cccnc1Cl. The third-order valence-electron chi connectivity index (χ3n) is 2.40. The van der Waals surface area contributed by atoms with E-state index in [-0.39, 0.29) is 0 Å². The lowest BCUT2D eigenvalue weighted by molar-refractivity contribution is 0.615. The van der Waals surface area contributed by atoms with Crippen molar-refractivity contribution in [3.63, 3.8) is 0 Å². The zero-order valence-corrected chi connectivity index (χ0v) is 10.2. The van der Waals surface area contributed by atoms with Gasteiger partial charge in [-0.15, -0.1) is 0 Å². The van der Waals surface area contributed by atoms with E-state index >= 15 is 0 Å². The molecule has 0 aromatic carbocycles. The summed E-state index contributed by atoms with van der Waals surface area (Å²) in [4.78, 5) is 4.03. The molecule has 0 saturated heterocycles. The number of halogens is 1. The monoisotopic (exact) mass is 226 g/mol. The van der Waals surface area contributed by atoms with Crippen LogP contribution in [0.3, 0.4) is 0 Å². The van der Waals surface area contributed by atoms with Crippen LogP contribution in [0.5, 0.6) is 0 Å². The minimum absolute atomic E-state index is 0.457. The number of unbranched alkanes of at least 4 members (excludes halogenated alkanes) is 2. The molecule has 0 aliphatic heterocycles. The van der Waals surface area contributed by atoms with Crippen LogP contribution in [0.2, 0.25) is 5.15 Å². The van der Waals surface area contributed by atoms with E-state index in [4.69, 9.17) is 11.6 Å². The number of hydrogen-bond acceptors (Lipinski definition) is 2. The molecular weight excluding hydrogens is 208 g/mol. The fourth-order valence-corrected chi connectivity index (χ4v) is 1.71. The van der Waals surface area contributed by atoms with Crippen molar-refractivity contribution in [3.05, 3.63) is 23.5 Å². The highest BCUT2D eigenvalue weighted by molar-refractivity contribution is 6.31. The first kappa shape index (κ1) is 12.3. The molecule has 0 aliphatic carbocycles. The Hall–Kier alpha value is -0.760. The average molecular weight is 227 g/mol. The first-order valence-electron chi connectivity index (χ1n) is 5.61. The third-order valence-corrected chi connectivity index (χ3v) is 2.70. The fraction of sp³-hybridized carbons (Fsp3) is 0.583. The predicted molar refractivity (Wildman–Crippen MR) is 66.5 cm³/mol. The van der Waals surface area contributed by atoms with Crippen molar-refractivity contribution >= 4 is 17.3 Å². The molecule has 0 amide bonds. The van der Waals surface area contributed by atoms with Gasteiger partial charge >= 0.3 is 0 Å². The van der Waals surface area contributed by atoms with Gasteiger partial charge in [-0.1, -0.05) is 37.8 Å². The van der Waals surface area contributed by atoms with Crippen LogP contribution in [0, 0.1) is 0 Å². The molecule has 0 aliphatic rings. The second kappa shape index (κ2) is 6.67. The normalized spacial score (nSPS) is 12.5. The fourth-order valence-electron chi connectivity index (χ4n) is 1.53. The highest BCUT2D eigenvalue weighted by Gasteiger charge is 2.04. The molecule has 1 unspecified atom stereocenters. The summed E-state index contributed by atoms with van der Waals surface area (Å²) in [6.07, 6.45) is 6.71. The van der Waals surface area contributed by atoms with Crippen LogP contribution >= 0.6 is 11.6 Å². The number of nitrogens with zero attached hydrogens (tertiary/aromatic N) is 1. The molecule has 3 heteroatoms. The van der Waals surface area contributed by atoms with E-state index in [9.17, 15) is 0 Å². The molecule has 1 N–H and O–H groups in total. The summed E-state index contributed by atoms with van der Waals surface area (Å²) < 4.78 is 0. The van der Waals surface area contributed by atoms with Crippen molar-refractivity contribution in [2.24, 2.45) is 0 Å². The number of pyridine rings is 1. The van der Waals surface area contributed by atoms with Crippen molar-refractivity contribution in [1.82, 2.24) is 4.98 Å². The van der Waals surface area contributed by atoms with E-state index in [0.29, 0.717) is 11.2 Å². The van der Waals surface area contributed by atoms with Crippen LogP contribution in [0.15, 0.2) is 18.3 Å². The van der Waals surface area contributed by atoms with Crippen LogP contribution in [0.25, 0.3) is 0 Å². The lowest BCUT2D eigenvalue weighted by atomic mass is 10.1. The quantitative estimate of drug-likeness (QED) is 0.583. The van der Waals surface area contributed by atoms with Gasteiger partial charge in [-0.3, -0.25) is 0 Å². The van der Waals surface area contributed by atoms with Crippen molar-refractivity contribution in [2.75, 3.05) is 5.32 Å². The lowest BCUT2D eigenvalue weighted by Gasteiger charge is -2.15. The second-order valence-electron chi connectivity index (χ2n) is 3.88. The van der Waals surface area contributed by atoms with Gasteiger partial charge in [-0.2, -0.15) is 0 Å². The highest BCUT2D eigenvalue weighted by Crippen LogP contribution is 2.19. The molecule has 1 heterocycles. The minimum atomic E-state index is 0.457. The maximum Gasteiger partial charge on any atom is 0.152 e. The molecule has 1 aromatic rings. The standard InChI is InChI=1S/C12H19ClN2/c1-3-4-5-7-10(2)15-11-8-6-9-14-12(11)13/h6,8-10,15H,3-5,7H2,1-2H3. The molecular formula is C12H19ClN2. The van der Waals surface area contributed by atoms with Gasteiger partial charge in [-0.25, -0.2) is 4.98 Å². The predicted octanol–water partition coefficient (Wildman–Crippen LogP) is 4.12. The summed E-state index contributed by atoms with van der Waals surface area (Å²) in [5.41, 5.74) is 0.933. The molecule has 84 valence electrons. The molecule has 15 heavy (non-hydrogen) atoms. The topological polar surface area (TPSA) is 24.9 Å². The Balaban J connectivity index is 2.37. The Morgan fingerprint density at radius 3 is 2.93 bits per heavy atom. The summed E-state index contributed by atoms with van der Waals surface area (Å²) in [6.45, 7) is 4.40. The van der Waals surface area contributed by atoms with Gasteiger partial charge in [0.05, 0.1) is 5.69 Å². The van der Waals surface area contributed by atoms with Gasteiger partial charge in [0.25, 0.3) is 0 Å². The highest BCUT2D eigenvalue weighted by atomic mass is 35.5. The largest absolute Gasteiger partial charge is 0.380 e. The Morgan fingerprint density at radius 1 is 1.47 bits per heavy atom. The minimum Gasteiger partial charge on any atom is -0.380 e. The molecule has 2 nitrogen and oxygen atoms in total. The Bertz CT molecular complexity index is 289. The molecule has 0 bridgehead atoms. The summed E-state index contributed by atoms with van der Waals surface area (Å²) >= 11 is 5.96. The van der Waals surface area contributed by atoms with Gasteiger partial charge < -0.3 is 5.32 Å². The van der Waals surface area contributed by atoms with Crippen LogP contribution < -0.4 is 5.32 Å². The van der Waals surface area contributed by atoms with Gasteiger partial charge in [0.1, 0.15) is 0 Å². The van der Waals surface area contributed by atoms with Gasteiger partial charge in [0, 0.05) is 12.2 Å². The Kier molecular flexibility index (Phi) is 5.48. The smallest absolute Gasteiger partial charge is 0.152 e. The molecule has 0 radical (unpaired) electrons. The molecule has 1 aromatic heterocycles. The van der Waals surface area contributed by atoms with E-state index in [1.165, 1.54) is 25.7 Å². The van der Waals surface area contributed by atoms with E-state index in [0.717, 1.165) is 5.69 Å². The maximum absolute atomic E-state index is 5.96. The van der Waals surface area contributed by atoms with Crippen molar-refractivity contribution in [1.29, 1.82) is 0 Å². The molecule has 0 spiro atoms. The molecule has 0 saturated carbocycles. The third kappa shape index (κ3) is 4.52. The van der Waals surface area contributed by atoms with E-state index in [2.05, 4.69) is 24.1 Å². The number of hydrogen-bond donors (Lipinski definition) is 1. The van der Waals surface area contributed by atoms with Gasteiger partial charge in [0.2, 0.25) is 0 Å². The summed E-state index contributed by atoms with van der Waals surface area (Å²) in [7, 11) is 0. The summed E-state index contributed by atoms with van der Waals surface area (Å²) in [5.74, 6) is 0. The van der Waals surface area contributed by atoms with Crippen LogP contribution in [-0.2, 0) is 0 Å². The molecule has 1 rings (SSSR count). The Labute approximate surface area is 97.1 Å². The first-order valence-corrected chi connectivity index (χ1v) is 5.99. The van der Waals surface area contributed by atoms with Gasteiger partial charge in [0.15, 0.2) is 5.15 Å². The number of rotatable bonds is 6. The zero-order chi connectivity index (χ0) is 11.1. The van der Waals surface area contributed by atoms with Gasteiger partial charge in [-0.05, 0) is 25.5 Å². The number of anilines is 1. The van der Waals surface area contributed by atoms with Crippen molar-refractivity contribution in [2.45, 2.75) is 45.6 Å². The molecule has 1 atom stereocenters. The summed E-state index contributed by atoms with van der Waals surface area (Å²) in [6, 6.07) is 4.32. The van der Waals surface area contributed by atoms with Crippen molar-refractivity contribution < 1.29 is 0 Å². The van der Waals surface area contributed by atoms with E-state index < -0.39 is 0 Å². The van der Waals surface area contributed by atoms with Crippen LogP contribution in [0.1, 0.15) is 39.5 Å².